The van der Waals surface area contributed by atoms with Gasteiger partial charge in [-0.15, -0.1) is 0 Å². The summed E-state index contributed by atoms with van der Waals surface area (Å²) in [5.41, 5.74) is -0.0652. The highest BCUT2D eigenvalue weighted by atomic mass is 16.5. The normalized spacial score (nSPS) is 16.2. The van der Waals surface area contributed by atoms with E-state index in [9.17, 15) is 9.59 Å². The second kappa shape index (κ2) is 4.59. The Hall–Kier alpha value is -2.19. The molecule has 1 amide bonds. The first kappa shape index (κ1) is 12.3. The Morgan fingerprint density at radius 1 is 1.44 bits per heavy atom. The summed E-state index contributed by atoms with van der Waals surface area (Å²) in [4.78, 5) is 23.1. The number of hydrogen-bond acceptors (Lipinski definition) is 4. The van der Waals surface area contributed by atoms with Crippen molar-refractivity contribution < 1.29 is 14.3 Å². The Bertz CT molecular complexity index is 541. The Morgan fingerprint density at radius 3 is 2.67 bits per heavy atom. The van der Waals surface area contributed by atoms with Crippen LogP contribution in [0.3, 0.4) is 0 Å². The fourth-order valence-electron chi connectivity index (χ4n) is 1.62. The smallest absolute Gasteiger partial charge is 0.249 e. The fourth-order valence-corrected chi connectivity index (χ4v) is 1.62. The second-order valence-electron chi connectivity index (χ2n) is 4.28. The average Bonchev–Trinajstić information content (AvgIpc) is 2.28. The van der Waals surface area contributed by atoms with Crippen molar-refractivity contribution in [3.63, 3.8) is 0 Å². The number of benzene rings is 1. The number of carbonyl (C=O) groups is 2. The molecular weight excluding hydrogens is 232 g/mol. The topological polar surface area (TPSA) is 79.2 Å². The number of rotatable bonds is 3. The van der Waals surface area contributed by atoms with Crippen LogP contribution in [0.4, 0.5) is 5.69 Å². The molecule has 0 bridgehead atoms. The van der Waals surface area contributed by atoms with E-state index >= 15 is 0 Å². The zero-order valence-electron chi connectivity index (χ0n) is 9.90. The third-order valence-electron chi connectivity index (χ3n) is 2.87. The molecule has 1 N–H and O–H groups in total. The number of nitrogens with one attached hydrogen (secondary N) is 1. The van der Waals surface area contributed by atoms with Gasteiger partial charge in [-0.1, -0.05) is 12.1 Å². The Balaban J connectivity index is 2.15. The first-order valence-corrected chi connectivity index (χ1v) is 5.49. The highest BCUT2D eigenvalue weighted by molar-refractivity contribution is 6.00. The summed E-state index contributed by atoms with van der Waals surface area (Å²) in [6, 6.07) is 8.59. The summed E-state index contributed by atoms with van der Waals surface area (Å²) in [5.74, 6) is -0.468. The fraction of sp³-hybridized carbons (Fsp3) is 0.308. The molecule has 1 saturated heterocycles. The molecule has 0 aromatic heterocycles. The van der Waals surface area contributed by atoms with Crippen LogP contribution in [0.15, 0.2) is 24.3 Å². The predicted octanol–water partition coefficient (Wildman–Crippen LogP) is 1.37. The number of hydrogen-bond donors (Lipinski definition) is 1. The van der Waals surface area contributed by atoms with Gasteiger partial charge in [-0.05, 0) is 19.1 Å². The van der Waals surface area contributed by atoms with Crippen LogP contribution in [0, 0.1) is 16.7 Å². The molecule has 0 spiro atoms. The molecule has 5 nitrogen and oxygen atoms in total. The van der Waals surface area contributed by atoms with E-state index in [1.165, 1.54) is 6.92 Å². The predicted molar refractivity (Wildman–Crippen MR) is 63.9 cm³/mol. The van der Waals surface area contributed by atoms with Crippen LogP contribution in [0.5, 0.6) is 0 Å². The number of nitriles is 1. The van der Waals surface area contributed by atoms with Crippen LogP contribution in [0.1, 0.15) is 17.3 Å². The molecule has 5 heteroatoms. The van der Waals surface area contributed by atoms with Gasteiger partial charge in [-0.25, -0.2) is 0 Å². The van der Waals surface area contributed by atoms with E-state index in [1.54, 1.807) is 24.3 Å². The van der Waals surface area contributed by atoms with E-state index in [2.05, 4.69) is 5.32 Å². The summed E-state index contributed by atoms with van der Waals surface area (Å²) < 4.78 is 4.91. The van der Waals surface area contributed by atoms with Gasteiger partial charge in [-0.3, -0.25) is 9.59 Å². The molecule has 2 rings (SSSR count). The molecular formula is C13H12N2O3. The minimum atomic E-state index is -1.09. The van der Waals surface area contributed by atoms with Crippen LogP contribution in [0.25, 0.3) is 0 Å². The van der Waals surface area contributed by atoms with Crippen molar-refractivity contribution >= 4 is 17.4 Å². The van der Waals surface area contributed by atoms with Crippen LogP contribution in [0.2, 0.25) is 0 Å². The molecule has 0 unspecified atom stereocenters. The molecule has 92 valence electrons. The lowest BCUT2D eigenvalue weighted by molar-refractivity contribution is -0.144. The molecule has 1 aromatic rings. The minimum absolute atomic E-state index is 0.0759. The number of ketones is 1. The largest absolute Gasteiger partial charge is 0.377 e. The van der Waals surface area contributed by atoms with Gasteiger partial charge in [0.2, 0.25) is 5.91 Å². The number of nitrogens with zero attached hydrogens (tertiary/aromatic N) is 1. The standard InChI is InChI=1S/C13H12N2O3/c1-9(16)10-3-2-4-11(5-10)15-12(17)13(6-14)7-18-8-13/h2-5H,7-8H2,1H3,(H,15,17). The molecule has 0 radical (unpaired) electrons. The van der Waals surface area contributed by atoms with Gasteiger partial charge in [0.05, 0.1) is 19.3 Å². The van der Waals surface area contributed by atoms with E-state index in [1.807, 2.05) is 6.07 Å². The highest BCUT2D eigenvalue weighted by Gasteiger charge is 2.46. The molecule has 0 saturated carbocycles. The van der Waals surface area contributed by atoms with Gasteiger partial charge in [0.1, 0.15) is 0 Å². The van der Waals surface area contributed by atoms with Crippen molar-refractivity contribution in [1.82, 2.24) is 0 Å². The van der Waals surface area contributed by atoms with Gasteiger partial charge in [0, 0.05) is 11.3 Å². The SMILES string of the molecule is CC(=O)c1cccc(NC(=O)C2(C#N)COC2)c1. The van der Waals surface area contributed by atoms with Gasteiger partial charge in [-0.2, -0.15) is 5.26 Å². The molecule has 0 atom stereocenters. The van der Waals surface area contributed by atoms with Crippen molar-refractivity contribution in [2.75, 3.05) is 18.5 Å². The van der Waals surface area contributed by atoms with Crippen LogP contribution >= 0.6 is 0 Å². The minimum Gasteiger partial charge on any atom is -0.377 e. The maximum atomic E-state index is 11.9. The van der Waals surface area contributed by atoms with Gasteiger partial charge >= 0.3 is 0 Å². The number of Topliss-reactive ketones (excluding diaryl/α,β-unsaturated/α-hetero) is 1. The van der Waals surface area contributed by atoms with Crippen molar-refractivity contribution in [2.24, 2.45) is 5.41 Å². The lowest BCUT2D eigenvalue weighted by Gasteiger charge is -2.33. The number of ether oxygens (including phenoxy) is 1. The molecule has 0 aliphatic carbocycles. The molecule has 1 heterocycles. The zero-order valence-corrected chi connectivity index (χ0v) is 9.90. The average molecular weight is 244 g/mol. The van der Waals surface area contributed by atoms with E-state index in [0.717, 1.165) is 0 Å². The molecule has 1 fully saturated rings. The van der Waals surface area contributed by atoms with Gasteiger partial charge in [0.15, 0.2) is 11.2 Å². The highest BCUT2D eigenvalue weighted by Crippen LogP contribution is 2.28. The number of amides is 1. The van der Waals surface area contributed by atoms with Crippen molar-refractivity contribution in [3.05, 3.63) is 29.8 Å². The molecule has 1 aliphatic rings. The van der Waals surface area contributed by atoms with Crippen molar-refractivity contribution in [3.8, 4) is 6.07 Å². The Kier molecular flexibility index (Phi) is 3.13. The number of carbonyl (C=O) groups excluding carboxylic acids is 2. The quantitative estimate of drug-likeness (QED) is 0.814. The van der Waals surface area contributed by atoms with E-state index in [4.69, 9.17) is 10.00 Å². The Morgan fingerprint density at radius 2 is 2.17 bits per heavy atom. The van der Waals surface area contributed by atoms with Gasteiger partial charge in [0.25, 0.3) is 0 Å². The molecule has 1 aromatic carbocycles. The monoisotopic (exact) mass is 244 g/mol. The van der Waals surface area contributed by atoms with Crippen LogP contribution in [-0.2, 0) is 9.53 Å². The Labute approximate surface area is 104 Å². The van der Waals surface area contributed by atoms with E-state index < -0.39 is 11.3 Å². The van der Waals surface area contributed by atoms with Crippen LogP contribution < -0.4 is 5.32 Å². The third kappa shape index (κ3) is 2.11. The summed E-state index contributed by atoms with van der Waals surface area (Å²) in [6.45, 7) is 1.68. The summed E-state index contributed by atoms with van der Waals surface area (Å²) >= 11 is 0. The lowest BCUT2D eigenvalue weighted by atomic mass is 9.87. The van der Waals surface area contributed by atoms with E-state index in [-0.39, 0.29) is 19.0 Å². The van der Waals surface area contributed by atoms with E-state index in [0.29, 0.717) is 11.3 Å². The molecule has 18 heavy (non-hydrogen) atoms. The van der Waals surface area contributed by atoms with Crippen molar-refractivity contribution in [1.29, 1.82) is 5.26 Å². The first-order valence-electron chi connectivity index (χ1n) is 5.49. The second-order valence-corrected chi connectivity index (χ2v) is 4.28. The van der Waals surface area contributed by atoms with Crippen molar-refractivity contribution in [2.45, 2.75) is 6.92 Å². The summed E-state index contributed by atoms with van der Waals surface area (Å²) in [7, 11) is 0. The van der Waals surface area contributed by atoms with Crippen LogP contribution in [-0.4, -0.2) is 24.9 Å². The summed E-state index contributed by atoms with van der Waals surface area (Å²) in [6.07, 6.45) is 0. The maximum Gasteiger partial charge on any atom is 0.249 e. The zero-order chi connectivity index (χ0) is 13.2. The lowest BCUT2D eigenvalue weighted by Crippen LogP contribution is -2.50. The number of anilines is 1. The summed E-state index contributed by atoms with van der Waals surface area (Å²) in [5, 5.41) is 11.6. The third-order valence-corrected chi connectivity index (χ3v) is 2.87. The maximum absolute atomic E-state index is 11.9. The first-order chi connectivity index (χ1) is 8.57. The molecule has 1 aliphatic heterocycles. The van der Waals surface area contributed by atoms with Gasteiger partial charge < -0.3 is 10.1 Å².